The minimum atomic E-state index is -5.84. The van der Waals surface area contributed by atoms with Crippen LogP contribution in [-0.2, 0) is 29.2 Å². The van der Waals surface area contributed by atoms with Crippen molar-refractivity contribution in [1.82, 2.24) is 4.90 Å². The van der Waals surface area contributed by atoms with Crippen LogP contribution in [0.1, 0.15) is 31.1 Å². The van der Waals surface area contributed by atoms with Crippen molar-refractivity contribution in [1.29, 1.82) is 0 Å². The van der Waals surface area contributed by atoms with Crippen molar-refractivity contribution in [2.24, 2.45) is 11.8 Å². The van der Waals surface area contributed by atoms with Gasteiger partial charge in [0.2, 0.25) is 5.91 Å². The monoisotopic (exact) mass is 619 g/mol. The minimum absolute atomic E-state index is 0.326. The molecular weight excluding hydrogens is 592 g/mol. The first-order valence-electron chi connectivity index (χ1n) is 13.2. The second kappa shape index (κ2) is 9.61. The minimum Gasteiger partial charge on any atom is -0.458 e. The van der Waals surface area contributed by atoms with Crippen LogP contribution < -0.4 is 0 Å². The molecule has 6 rings (SSSR count). The van der Waals surface area contributed by atoms with Crippen LogP contribution in [0, 0.1) is 11.8 Å². The molecule has 0 aromatic heterocycles. The third-order valence-electron chi connectivity index (χ3n) is 8.20. The molecule has 222 valence electrons. The molecule has 3 heterocycles. The summed E-state index contributed by atoms with van der Waals surface area (Å²) in [5, 5.41) is -3.06. The molecule has 3 fully saturated rings. The van der Waals surface area contributed by atoms with Gasteiger partial charge in [0, 0.05) is 10.8 Å². The molecule has 3 aromatic carbocycles. The number of carbonyl (C=O) groups is 3. The molecule has 3 aromatic rings. The van der Waals surface area contributed by atoms with Crippen molar-refractivity contribution in [3.05, 3.63) is 60.2 Å². The fraction of sp³-hybridized carbons (Fsp3) is 0.414. The van der Waals surface area contributed by atoms with Crippen LogP contribution >= 0.6 is 11.8 Å². The van der Waals surface area contributed by atoms with E-state index in [0.29, 0.717) is 16.3 Å². The predicted molar refractivity (Wildman–Crippen MR) is 151 cm³/mol. The average Bonchev–Trinajstić information content (AvgIpc) is 3.52. The number of benzene rings is 3. The molecule has 42 heavy (non-hydrogen) atoms. The Morgan fingerprint density at radius 3 is 2.12 bits per heavy atom. The van der Waals surface area contributed by atoms with Crippen molar-refractivity contribution >= 4 is 61.3 Å². The number of esters is 2. The van der Waals surface area contributed by atoms with Gasteiger partial charge < -0.3 is 14.4 Å². The van der Waals surface area contributed by atoms with Gasteiger partial charge in [-0.15, -0.1) is 11.8 Å². The van der Waals surface area contributed by atoms with E-state index < -0.39 is 79.8 Å². The lowest BCUT2D eigenvalue weighted by Gasteiger charge is -2.39. The molecule has 3 saturated heterocycles. The lowest BCUT2D eigenvalue weighted by atomic mass is 9.78. The number of halogens is 2. The maximum atomic E-state index is 14.0. The molecule has 6 unspecified atom stereocenters. The van der Waals surface area contributed by atoms with Crippen molar-refractivity contribution in [3.63, 3.8) is 0 Å². The van der Waals surface area contributed by atoms with E-state index in [1.165, 1.54) is 11.8 Å². The van der Waals surface area contributed by atoms with Gasteiger partial charge in [0.05, 0.1) is 28.7 Å². The Morgan fingerprint density at radius 1 is 1.00 bits per heavy atom. The Labute approximate surface area is 244 Å². The van der Waals surface area contributed by atoms with Crippen molar-refractivity contribution in [2.75, 3.05) is 6.61 Å². The van der Waals surface area contributed by atoms with Gasteiger partial charge in [-0.2, -0.15) is 17.2 Å². The van der Waals surface area contributed by atoms with Crippen LogP contribution in [0.3, 0.4) is 0 Å². The summed E-state index contributed by atoms with van der Waals surface area (Å²) < 4.78 is 69.5. The third kappa shape index (κ3) is 4.35. The standard InChI is InChI=1S/C29H27F2NO8S2/c1-28(2,3)32-21-22(40-27(35)18-16-10-6-4-8-14(16)12-15-9-5-7-11-17(15)18)24-20(19(25(32)33)23(21)41-24)26(34)39-13-29(30,31)42(36,37)38/h4-12,19-24H,13H2,1-3H3,(H,36,37,38). The summed E-state index contributed by atoms with van der Waals surface area (Å²) >= 11 is 1.27. The van der Waals surface area contributed by atoms with Gasteiger partial charge in [0.25, 0.3) is 0 Å². The number of likely N-dealkylation sites (tertiary alicyclic amines) is 1. The molecule has 0 spiro atoms. The topological polar surface area (TPSA) is 127 Å². The number of hydrogen-bond acceptors (Lipinski definition) is 8. The van der Waals surface area contributed by atoms with Crippen molar-refractivity contribution in [3.8, 4) is 0 Å². The molecule has 0 radical (unpaired) electrons. The second-order valence-electron chi connectivity index (χ2n) is 11.8. The SMILES string of the molecule is CC(C)(C)N1C(=O)C2C3SC(C(OC(=O)c4c5ccccc5cc5ccccc45)C31)C2C(=O)OCC(F)(F)S(=O)(=O)O. The van der Waals surface area contributed by atoms with Gasteiger partial charge in [-0.3, -0.25) is 14.1 Å². The number of carbonyl (C=O) groups excluding carboxylic acids is 3. The van der Waals surface area contributed by atoms with Gasteiger partial charge in [-0.05, 0) is 48.4 Å². The molecular formula is C29H27F2NO8S2. The summed E-state index contributed by atoms with van der Waals surface area (Å²) in [4.78, 5) is 42.5. The Kier molecular flexibility index (Phi) is 6.59. The van der Waals surface area contributed by atoms with Gasteiger partial charge in [0.15, 0.2) is 6.61 Å². The lowest BCUT2D eigenvalue weighted by molar-refractivity contribution is -0.159. The predicted octanol–water partition coefficient (Wildman–Crippen LogP) is 4.28. The molecule has 6 atom stereocenters. The van der Waals surface area contributed by atoms with Gasteiger partial charge in [-0.1, -0.05) is 48.5 Å². The number of alkyl halides is 2. The smallest absolute Gasteiger partial charge is 0.402 e. The van der Waals surface area contributed by atoms with E-state index in [0.717, 1.165) is 10.8 Å². The van der Waals surface area contributed by atoms with Crippen LogP contribution in [-0.4, -0.2) is 75.8 Å². The quantitative estimate of drug-likeness (QED) is 0.244. The number of nitrogens with zero attached hydrogens (tertiary/aromatic N) is 1. The first kappa shape index (κ1) is 28.8. The summed E-state index contributed by atoms with van der Waals surface area (Å²) in [7, 11) is -5.84. The zero-order chi connectivity index (χ0) is 30.4. The van der Waals surface area contributed by atoms with Gasteiger partial charge in [-0.25, -0.2) is 4.79 Å². The molecule has 2 bridgehead atoms. The number of thioether (sulfide) groups is 1. The highest BCUT2D eigenvalue weighted by atomic mass is 32.2. The zero-order valence-electron chi connectivity index (χ0n) is 22.7. The second-order valence-corrected chi connectivity index (χ2v) is 14.7. The summed E-state index contributed by atoms with van der Waals surface area (Å²) in [6, 6.07) is 16.1. The lowest BCUT2D eigenvalue weighted by Crippen LogP contribution is -2.54. The van der Waals surface area contributed by atoms with E-state index in [-0.39, 0.29) is 0 Å². The highest BCUT2D eigenvalue weighted by Gasteiger charge is 2.73. The van der Waals surface area contributed by atoms with Crippen molar-refractivity contribution < 1.29 is 45.6 Å². The summed E-state index contributed by atoms with van der Waals surface area (Å²) in [5.41, 5.74) is -0.399. The number of amides is 1. The Hall–Kier alpha value is -3.29. The fourth-order valence-electron chi connectivity index (χ4n) is 6.55. The van der Waals surface area contributed by atoms with E-state index in [2.05, 4.69) is 0 Å². The van der Waals surface area contributed by atoms with E-state index in [9.17, 15) is 31.6 Å². The van der Waals surface area contributed by atoms with Crippen LogP contribution in [0.15, 0.2) is 54.6 Å². The molecule has 9 nitrogen and oxygen atoms in total. The molecule has 0 saturated carbocycles. The van der Waals surface area contributed by atoms with Gasteiger partial charge in [0.1, 0.15) is 6.10 Å². The number of ether oxygens (including phenoxy) is 2. The number of rotatable bonds is 6. The Bertz CT molecular complexity index is 1700. The van der Waals surface area contributed by atoms with Gasteiger partial charge >= 0.3 is 27.3 Å². The van der Waals surface area contributed by atoms with Crippen LogP contribution in [0.5, 0.6) is 0 Å². The largest absolute Gasteiger partial charge is 0.458 e. The summed E-state index contributed by atoms with van der Waals surface area (Å²) in [6.45, 7) is 3.52. The normalized spacial score (nSPS) is 27.2. The molecule has 1 N–H and O–H groups in total. The van der Waals surface area contributed by atoms with Crippen LogP contribution in [0.2, 0.25) is 0 Å². The van der Waals surface area contributed by atoms with E-state index in [1.807, 2.05) is 51.1 Å². The maximum Gasteiger partial charge on any atom is 0.402 e. The maximum absolute atomic E-state index is 14.0. The Morgan fingerprint density at radius 2 is 1.57 bits per heavy atom. The first-order chi connectivity index (χ1) is 19.6. The molecule has 1 amide bonds. The highest BCUT2D eigenvalue weighted by Crippen LogP contribution is 2.61. The molecule has 0 aliphatic carbocycles. The molecule has 3 aliphatic heterocycles. The fourth-order valence-corrected chi connectivity index (χ4v) is 8.83. The summed E-state index contributed by atoms with van der Waals surface area (Å²) in [6.07, 6.45) is -0.980. The van der Waals surface area contributed by atoms with Crippen LogP contribution in [0.4, 0.5) is 8.78 Å². The molecule has 3 aliphatic rings. The van der Waals surface area contributed by atoms with E-state index in [1.54, 1.807) is 29.2 Å². The highest BCUT2D eigenvalue weighted by molar-refractivity contribution is 8.01. The zero-order valence-corrected chi connectivity index (χ0v) is 24.3. The van der Waals surface area contributed by atoms with E-state index in [4.69, 9.17) is 14.0 Å². The number of hydrogen-bond donors (Lipinski definition) is 1. The number of fused-ring (bicyclic) bond motifs is 3. The first-order valence-corrected chi connectivity index (χ1v) is 15.6. The third-order valence-corrected chi connectivity index (χ3v) is 10.8. The molecule has 13 heteroatoms. The Balaban J connectivity index is 1.38. The van der Waals surface area contributed by atoms with Crippen molar-refractivity contribution in [2.45, 2.75) is 54.2 Å². The van der Waals surface area contributed by atoms with E-state index >= 15 is 0 Å². The summed E-state index contributed by atoms with van der Waals surface area (Å²) in [5.74, 6) is -4.47. The average molecular weight is 620 g/mol. The van der Waals surface area contributed by atoms with Crippen LogP contribution in [0.25, 0.3) is 21.5 Å².